The van der Waals surface area contributed by atoms with Crippen molar-refractivity contribution in [2.45, 2.75) is 80.5 Å². The van der Waals surface area contributed by atoms with E-state index in [0.29, 0.717) is 70.2 Å². The number of allylic oxidation sites excluding steroid dienone is 4. The second kappa shape index (κ2) is 27.1. The largest absolute Gasteiger partial charge is 0.504 e. The average molecular weight is 1060 g/mol. The Morgan fingerprint density at radius 2 is 1.11 bits per heavy atom. The van der Waals surface area contributed by atoms with Crippen molar-refractivity contribution in [1.82, 2.24) is 10.6 Å². The molecule has 4 heterocycles. The molecule has 4 atom stereocenters. The van der Waals surface area contributed by atoms with Crippen LogP contribution in [-0.4, -0.2) is 108 Å². The Labute approximate surface area is 445 Å². The van der Waals surface area contributed by atoms with Gasteiger partial charge in [-0.05, 0) is 140 Å². The molecule has 0 spiro atoms. The van der Waals surface area contributed by atoms with E-state index in [1.54, 1.807) is 78.5 Å². The number of ether oxygens (including phenoxy) is 6. The fraction of sp³-hybridized carbons (Fsp3) is 0.368. The zero-order valence-corrected chi connectivity index (χ0v) is 43.7. The molecule has 0 radical (unpaired) electrons. The summed E-state index contributed by atoms with van der Waals surface area (Å²) >= 11 is 3.02. The Bertz CT molecular complexity index is 2830. The second-order valence-electron chi connectivity index (χ2n) is 18.3. The van der Waals surface area contributed by atoms with Crippen LogP contribution in [0.1, 0.15) is 90.5 Å². The Morgan fingerprint density at radius 1 is 0.627 bits per heavy atom. The summed E-state index contributed by atoms with van der Waals surface area (Å²) < 4.78 is 34.1. The van der Waals surface area contributed by atoms with Gasteiger partial charge in [0.1, 0.15) is 13.2 Å². The molecule has 0 aromatic heterocycles. The second-order valence-corrected chi connectivity index (χ2v) is 20.5. The number of ketones is 2. The zero-order valence-electron chi connectivity index (χ0n) is 42.1. The normalized spacial score (nSPS) is 20.7. The van der Waals surface area contributed by atoms with Gasteiger partial charge in [0.05, 0.1) is 56.3 Å². The Morgan fingerprint density at radius 3 is 1.65 bits per heavy atom. The zero-order chi connectivity index (χ0) is 52.5. The number of aliphatic imine (C=N–C) groups is 2. The van der Waals surface area contributed by atoms with Crippen molar-refractivity contribution >= 4 is 57.6 Å². The number of thioether (sulfide) groups is 2. The van der Waals surface area contributed by atoms with Crippen molar-refractivity contribution in [2.24, 2.45) is 9.98 Å². The molecule has 6 N–H and O–H groups in total. The predicted octanol–water partition coefficient (Wildman–Crippen LogP) is 10.1. The first-order valence-corrected chi connectivity index (χ1v) is 26.9. The maximum absolute atomic E-state index is 13.5. The van der Waals surface area contributed by atoms with Gasteiger partial charge in [0, 0.05) is 31.2 Å². The van der Waals surface area contributed by atoms with E-state index >= 15 is 0 Å². The van der Waals surface area contributed by atoms with Crippen LogP contribution in [0, 0.1) is 0 Å². The lowest BCUT2D eigenvalue weighted by Gasteiger charge is -2.25. The van der Waals surface area contributed by atoms with Crippen LogP contribution in [0.2, 0.25) is 0 Å². The smallest absolute Gasteiger partial charge is 0.161 e. The first-order valence-electron chi connectivity index (χ1n) is 25.2. The Balaban J connectivity index is 0.872. The van der Waals surface area contributed by atoms with Crippen molar-refractivity contribution in [3.05, 3.63) is 131 Å². The van der Waals surface area contributed by atoms with Gasteiger partial charge in [-0.3, -0.25) is 19.6 Å². The summed E-state index contributed by atoms with van der Waals surface area (Å²) in [7, 11) is 2.97. The van der Waals surface area contributed by atoms with Gasteiger partial charge in [0.15, 0.2) is 67.9 Å². The Kier molecular flexibility index (Phi) is 19.6. The summed E-state index contributed by atoms with van der Waals surface area (Å²) in [5, 5.41) is 49.3. The molecule has 4 aromatic rings. The number of hydrogen-bond donors (Lipinski definition) is 6. The molecule has 0 saturated carbocycles. The van der Waals surface area contributed by atoms with Crippen molar-refractivity contribution in [3.8, 4) is 46.0 Å². The van der Waals surface area contributed by atoms with Crippen LogP contribution in [0.3, 0.4) is 0 Å². The minimum atomic E-state index is -0.281. The summed E-state index contributed by atoms with van der Waals surface area (Å²) in [6.07, 6.45) is 17.9. The molecule has 2 fully saturated rings. The van der Waals surface area contributed by atoms with E-state index in [1.807, 2.05) is 18.2 Å². The number of aromatic hydroxyl groups is 4. The molecule has 396 valence electrons. The quantitative estimate of drug-likeness (QED) is 0.0284. The molecule has 4 aromatic carbocycles. The van der Waals surface area contributed by atoms with Crippen LogP contribution in [-0.2, 0) is 19.1 Å². The SMILES string of the molecule is COc1cc(/C=C/C(=O)CC2=CC(c3ccc(O)c(OCCOc4cc(/C=C/C(=O)CC5=CC(c6ccc(O)c(OC)c6)SC(=NCCCCC6CCCO6)N5)ccc4O)c3)SC(=NCC3CCCO3)N2)ccc1O. The maximum atomic E-state index is 13.5. The van der Waals surface area contributed by atoms with Crippen LogP contribution in [0.15, 0.2) is 118 Å². The Hall–Kier alpha value is -6.86. The number of carbonyl (C=O) groups is 2. The minimum absolute atomic E-state index is 0.00822. The van der Waals surface area contributed by atoms with Crippen molar-refractivity contribution in [2.75, 3.05) is 53.7 Å². The van der Waals surface area contributed by atoms with E-state index in [2.05, 4.69) is 10.6 Å². The summed E-state index contributed by atoms with van der Waals surface area (Å²) in [5.41, 5.74) is 4.40. The van der Waals surface area contributed by atoms with Crippen molar-refractivity contribution in [1.29, 1.82) is 0 Å². The molecule has 8 rings (SSSR count). The lowest BCUT2D eigenvalue weighted by Crippen LogP contribution is -2.28. The third kappa shape index (κ3) is 16.1. The standard InChI is InChI=1S/C57H64N4O12S2/c1-68-50-27-36(12-18-46(50)64)10-16-42(62)32-41-34-55(75-57(61-41)59-35-45-9-6-24-71-45)39-15-21-49(67)53(30-39)73-26-25-72-52-28-37(13-19-48(52)66)11-17-43(63)31-40-33-54(38-14-20-47(65)51(29-38)69-2)74-56(60-40)58-22-4-3-7-44-8-5-23-70-44/h10-21,27-30,33-34,44-45,54-55,64-67H,3-9,22-26,31-32,35H2,1-2H3,(H,58,60)(H,59,61)/b16-10+,17-11+. The van der Waals surface area contributed by atoms with Crippen LogP contribution in [0.25, 0.3) is 12.2 Å². The number of rotatable bonds is 24. The number of carbonyl (C=O) groups excluding carboxylic acids is 2. The number of amidine groups is 2. The molecule has 0 aliphatic carbocycles. The number of unbranched alkanes of at least 4 members (excludes halogenated alkanes) is 1. The highest BCUT2D eigenvalue weighted by molar-refractivity contribution is 8.14. The molecule has 4 aliphatic rings. The maximum Gasteiger partial charge on any atom is 0.161 e. The van der Waals surface area contributed by atoms with Gasteiger partial charge in [0.25, 0.3) is 0 Å². The highest BCUT2D eigenvalue weighted by atomic mass is 32.2. The molecule has 4 unspecified atom stereocenters. The lowest BCUT2D eigenvalue weighted by atomic mass is 10.1. The first-order chi connectivity index (χ1) is 36.5. The number of methoxy groups -OCH3 is 2. The number of hydrogen-bond acceptors (Lipinski definition) is 16. The van der Waals surface area contributed by atoms with Crippen LogP contribution < -0.4 is 29.6 Å². The van der Waals surface area contributed by atoms with Gasteiger partial charge in [-0.15, -0.1) is 0 Å². The summed E-state index contributed by atoms with van der Waals surface area (Å²) in [4.78, 5) is 36.4. The topological polar surface area (TPSA) is 219 Å². The molecule has 18 heteroatoms. The van der Waals surface area contributed by atoms with Gasteiger partial charge >= 0.3 is 0 Å². The van der Waals surface area contributed by atoms with E-state index in [-0.39, 0.29) is 88.7 Å². The van der Waals surface area contributed by atoms with Crippen molar-refractivity contribution < 1.29 is 58.4 Å². The van der Waals surface area contributed by atoms with Crippen molar-refractivity contribution in [3.63, 3.8) is 0 Å². The number of phenols is 4. The minimum Gasteiger partial charge on any atom is -0.504 e. The van der Waals surface area contributed by atoms with Gasteiger partial charge in [-0.1, -0.05) is 59.9 Å². The van der Waals surface area contributed by atoms with Gasteiger partial charge in [0.2, 0.25) is 0 Å². The molecular weight excluding hydrogens is 997 g/mol. The fourth-order valence-corrected chi connectivity index (χ4v) is 10.9. The van der Waals surface area contributed by atoms with E-state index in [9.17, 15) is 30.0 Å². The third-order valence-electron chi connectivity index (χ3n) is 12.7. The first kappa shape index (κ1) is 54.4. The van der Waals surface area contributed by atoms with Crippen LogP contribution in [0.4, 0.5) is 0 Å². The number of nitrogens with zero attached hydrogens (tertiary/aromatic N) is 2. The van der Waals surface area contributed by atoms with E-state index < -0.39 is 0 Å². The summed E-state index contributed by atoms with van der Waals surface area (Å²) in [5.74, 6) is 0.665. The predicted molar refractivity (Wildman–Crippen MR) is 293 cm³/mol. The molecule has 16 nitrogen and oxygen atoms in total. The number of benzene rings is 4. The molecule has 0 amide bonds. The summed E-state index contributed by atoms with van der Waals surface area (Å²) in [6, 6.07) is 20.0. The number of phenolic OH excluding ortho intramolecular Hbond substituents is 4. The monoisotopic (exact) mass is 1060 g/mol. The van der Waals surface area contributed by atoms with E-state index in [1.165, 1.54) is 50.3 Å². The molecule has 75 heavy (non-hydrogen) atoms. The molecular formula is C57H64N4O12S2. The van der Waals surface area contributed by atoms with Gasteiger partial charge in [-0.25, -0.2) is 0 Å². The fourth-order valence-electron chi connectivity index (χ4n) is 8.71. The van der Waals surface area contributed by atoms with Crippen LogP contribution in [0.5, 0.6) is 46.0 Å². The lowest BCUT2D eigenvalue weighted by molar-refractivity contribution is -0.114. The molecule has 0 bridgehead atoms. The molecule has 4 aliphatic heterocycles. The van der Waals surface area contributed by atoms with E-state index in [0.717, 1.165) is 62.7 Å². The summed E-state index contributed by atoms with van der Waals surface area (Å²) in [6.45, 7) is 2.72. The van der Waals surface area contributed by atoms with E-state index in [4.69, 9.17) is 38.4 Å². The highest BCUT2D eigenvalue weighted by Crippen LogP contribution is 2.41. The highest BCUT2D eigenvalue weighted by Gasteiger charge is 2.26. The number of nitrogens with one attached hydrogen (secondary N) is 2. The molecule has 2 saturated heterocycles. The van der Waals surface area contributed by atoms with Gasteiger partial charge < -0.3 is 59.5 Å². The average Bonchev–Trinajstić information content (AvgIpc) is 4.15. The van der Waals surface area contributed by atoms with Gasteiger partial charge in [-0.2, -0.15) is 0 Å². The third-order valence-corrected chi connectivity index (χ3v) is 14.9. The van der Waals surface area contributed by atoms with Crippen LogP contribution >= 0.6 is 23.5 Å².